The molecule has 0 unspecified atom stereocenters. The second-order valence-corrected chi connectivity index (χ2v) is 3.79. The Morgan fingerprint density at radius 3 is 1.94 bits per heavy atom. The van der Waals surface area contributed by atoms with Crippen LogP contribution in [-0.4, -0.2) is 0 Å². The van der Waals surface area contributed by atoms with Crippen LogP contribution in [0.4, 0.5) is 28.4 Å². The van der Waals surface area contributed by atoms with Gasteiger partial charge in [-0.15, -0.1) is 0 Å². The van der Waals surface area contributed by atoms with E-state index in [0.29, 0.717) is 34.0 Å². The molecule has 10 N–H and O–H groups in total. The Morgan fingerprint density at radius 2 is 1.35 bits per heavy atom. The van der Waals surface area contributed by atoms with E-state index in [1.165, 1.54) is 0 Å². The van der Waals surface area contributed by atoms with Gasteiger partial charge in [0, 0.05) is 5.56 Å². The molecule has 0 aromatic heterocycles. The van der Waals surface area contributed by atoms with Gasteiger partial charge in [0.15, 0.2) is 0 Å². The Bertz CT molecular complexity index is 554. The van der Waals surface area contributed by atoms with E-state index in [2.05, 4.69) is 6.07 Å². The van der Waals surface area contributed by atoms with E-state index in [1.54, 1.807) is 24.3 Å². The predicted octanol–water partition coefficient (Wildman–Crippen LogP) is 1.06. The summed E-state index contributed by atoms with van der Waals surface area (Å²) >= 11 is 0. The average Bonchev–Trinajstić information content (AvgIpc) is 2.29. The minimum Gasteiger partial charge on any atom is -0.397 e. The standard InChI is InChI=1S/C12H14N5/c13-8-3-1-2-7(11(8)16)6-4-9(14)12(17)10(15)5-6/h1,3-5H,13-17H2. The van der Waals surface area contributed by atoms with Gasteiger partial charge in [-0.05, 0) is 29.8 Å². The van der Waals surface area contributed by atoms with E-state index in [4.69, 9.17) is 28.7 Å². The highest BCUT2D eigenvalue weighted by molar-refractivity contribution is 5.90. The minimum atomic E-state index is 0.372. The molecular formula is C12H14N5. The summed E-state index contributed by atoms with van der Waals surface area (Å²) in [5.41, 5.74) is 32.4. The molecule has 0 fully saturated rings. The van der Waals surface area contributed by atoms with E-state index >= 15 is 0 Å². The van der Waals surface area contributed by atoms with Crippen molar-refractivity contribution in [3.8, 4) is 11.1 Å². The van der Waals surface area contributed by atoms with Crippen molar-refractivity contribution < 1.29 is 0 Å². The lowest BCUT2D eigenvalue weighted by Crippen LogP contribution is -2.02. The van der Waals surface area contributed by atoms with Gasteiger partial charge in [0.2, 0.25) is 0 Å². The maximum atomic E-state index is 5.88. The van der Waals surface area contributed by atoms with Gasteiger partial charge in [0.25, 0.3) is 0 Å². The lowest BCUT2D eigenvalue weighted by Gasteiger charge is -2.11. The van der Waals surface area contributed by atoms with Gasteiger partial charge < -0.3 is 28.7 Å². The van der Waals surface area contributed by atoms with Crippen molar-refractivity contribution in [2.75, 3.05) is 28.7 Å². The molecule has 0 saturated carbocycles. The molecule has 17 heavy (non-hydrogen) atoms. The summed E-state index contributed by atoms with van der Waals surface area (Å²) in [5, 5.41) is 0. The Morgan fingerprint density at radius 1 is 0.765 bits per heavy atom. The van der Waals surface area contributed by atoms with Crippen molar-refractivity contribution in [3.05, 3.63) is 30.3 Å². The molecule has 0 heterocycles. The Balaban J connectivity index is 2.65. The first-order valence-electron chi connectivity index (χ1n) is 5.01. The van der Waals surface area contributed by atoms with E-state index in [0.717, 1.165) is 5.56 Å². The zero-order chi connectivity index (χ0) is 12.6. The summed E-state index contributed by atoms with van der Waals surface area (Å²) in [7, 11) is 0. The van der Waals surface area contributed by atoms with Crippen molar-refractivity contribution >= 4 is 28.4 Å². The molecule has 0 aliphatic rings. The van der Waals surface area contributed by atoms with E-state index in [1.807, 2.05) is 0 Å². The van der Waals surface area contributed by atoms with Gasteiger partial charge in [0.1, 0.15) is 0 Å². The van der Waals surface area contributed by atoms with Gasteiger partial charge in [0.05, 0.1) is 28.4 Å². The fourth-order valence-corrected chi connectivity index (χ4v) is 1.61. The van der Waals surface area contributed by atoms with Crippen LogP contribution >= 0.6 is 0 Å². The molecule has 2 aromatic carbocycles. The van der Waals surface area contributed by atoms with Gasteiger partial charge in [-0.1, -0.05) is 6.07 Å². The maximum absolute atomic E-state index is 5.88. The van der Waals surface area contributed by atoms with E-state index < -0.39 is 0 Å². The number of hydrogen-bond donors (Lipinski definition) is 5. The molecule has 0 saturated heterocycles. The average molecular weight is 228 g/mol. The number of anilines is 5. The highest BCUT2D eigenvalue weighted by atomic mass is 14.7. The Hall–Kier alpha value is -2.56. The largest absolute Gasteiger partial charge is 0.397 e. The lowest BCUT2D eigenvalue weighted by atomic mass is 10.0. The van der Waals surface area contributed by atoms with Crippen molar-refractivity contribution in [1.82, 2.24) is 0 Å². The summed E-state index contributed by atoms with van der Waals surface area (Å²) in [4.78, 5) is 0. The number of nitrogen functional groups attached to an aromatic ring is 5. The molecule has 0 bridgehead atoms. The van der Waals surface area contributed by atoms with Crippen LogP contribution in [0, 0.1) is 6.07 Å². The fraction of sp³-hybridized carbons (Fsp3) is 0. The van der Waals surface area contributed by atoms with Gasteiger partial charge in [-0.3, -0.25) is 0 Å². The van der Waals surface area contributed by atoms with Crippen LogP contribution in [0.5, 0.6) is 0 Å². The van der Waals surface area contributed by atoms with Crippen LogP contribution in [0.2, 0.25) is 0 Å². The third-order valence-corrected chi connectivity index (χ3v) is 2.60. The summed E-state index contributed by atoms with van der Waals surface area (Å²) < 4.78 is 0. The third kappa shape index (κ3) is 1.78. The first kappa shape index (κ1) is 10.9. The second kappa shape index (κ2) is 3.79. The molecule has 0 spiro atoms. The Kier molecular flexibility index (Phi) is 2.44. The molecule has 2 aromatic rings. The van der Waals surface area contributed by atoms with Crippen LogP contribution in [0.25, 0.3) is 11.1 Å². The zero-order valence-corrected chi connectivity index (χ0v) is 9.20. The van der Waals surface area contributed by atoms with Gasteiger partial charge in [-0.25, -0.2) is 0 Å². The lowest BCUT2D eigenvalue weighted by molar-refractivity contribution is 1.58. The molecule has 0 aliphatic heterocycles. The SMILES string of the molecule is Nc1cc[c]c(-c2cc(N)c(N)c(N)c2)c1N. The molecule has 0 aliphatic carbocycles. The predicted molar refractivity (Wildman–Crippen MR) is 72.8 cm³/mol. The number of rotatable bonds is 1. The van der Waals surface area contributed by atoms with Crippen molar-refractivity contribution in [1.29, 1.82) is 0 Å². The van der Waals surface area contributed by atoms with Gasteiger partial charge in [-0.2, -0.15) is 0 Å². The smallest absolute Gasteiger partial charge is 0.0781 e. The van der Waals surface area contributed by atoms with Crippen LogP contribution in [0.3, 0.4) is 0 Å². The van der Waals surface area contributed by atoms with Crippen molar-refractivity contribution in [3.63, 3.8) is 0 Å². The zero-order valence-electron chi connectivity index (χ0n) is 9.20. The molecule has 0 atom stereocenters. The quantitative estimate of drug-likeness (QED) is 0.466. The minimum absolute atomic E-state index is 0.372. The van der Waals surface area contributed by atoms with Crippen molar-refractivity contribution in [2.24, 2.45) is 0 Å². The molecule has 0 amide bonds. The fourth-order valence-electron chi connectivity index (χ4n) is 1.61. The second-order valence-electron chi connectivity index (χ2n) is 3.79. The number of benzene rings is 2. The highest BCUT2D eigenvalue weighted by Gasteiger charge is 2.09. The van der Waals surface area contributed by atoms with Crippen LogP contribution in [0.15, 0.2) is 24.3 Å². The molecule has 87 valence electrons. The van der Waals surface area contributed by atoms with E-state index in [9.17, 15) is 0 Å². The first-order chi connectivity index (χ1) is 8.00. The molecule has 2 rings (SSSR count). The van der Waals surface area contributed by atoms with E-state index in [-0.39, 0.29) is 0 Å². The summed E-state index contributed by atoms with van der Waals surface area (Å²) in [6.07, 6.45) is 0. The molecule has 5 heteroatoms. The molecule has 5 nitrogen and oxygen atoms in total. The highest BCUT2D eigenvalue weighted by Crippen LogP contribution is 2.34. The maximum Gasteiger partial charge on any atom is 0.0781 e. The van der Waals surface area contributed by atoms with Crippen LogP contribution in [-0.2, 0) is 0 Å². The first-order valence-corrected chi connectivity index (χ1v) is 5.01. The number of nitrogens with two attached hydrogens (primary N) is 5. The summed E-state index contributed by atoms with van der Waals surface area (Å²) in [6.45, 7) is 0. The topological polar surface area (TPSA) is 130 Å². The molecular weight excluding hydrogens is 214 g/mol. The van der Waals surface area contributed by atoms with Crippen LogP contribution < -0.4 is 28.7 Å². The number of hydrogen-bond acceptors (Lipinski definition) is 5. The molecule has 1 radical (unpaired) electrons. The monoisotopic (exact) mass is 228 g/mol. The normalized spacial score (nSPS) is 10.4. The van der Waals surface area contributed by atoms with Gasteiger partial charge >= 0.3 is 0 Å². The Labute approximate surface area is 99.2 Å². The van der Waals surface area contributed by atoms with Crippen LogP contribution in [0.1, 0.15) is 0 Å². The third-order valence-electron chi connectivity index (χ3n) is 2.60. The van der Waals surface area contributed by atoms with Crippen molar-refractivity contribution in [2.45, 2.75) is 0 Å². The summed E-state index contributed by atoms with van der Waals surface area (Å²) in [6, 6.07) is 9.80. The summed E-state index contributed by atoms with van der Waals surface area (Å²) in [5.74, 6) is 0.